The van der Waals surface area contributed by atoms with E-state index in [1.807, 2.05) is 0 Å². The molecule has 0 N–H and O–H groups in total. The number of carbonyl (C=O) groups excluding carboxylic acids is 2. The van der Waals surface area contributed by atoms with E-state index in [2.05, 4.69) is 180 Å². The quantitative estimate of drug-likeness (QED) is 0.0555. The lowest BCUT2D eigenvalue weighted by molar-refractivity contribution is -0.139. The van der Waals surface area contributed by atoms with Gasteiger partial charge in [0, 0.05) is 39.3 Å². The average Bonchev–Trinajstić information content (AvgIpc) is 3.26. The van der Waals surface area contributed by atoms with Gasteiger partial charge >= 0.3 is 11.9 Å². The Balaban J connectivity index is 0.888. The molecule has 0 unspecified atom stereocenters. The summed E-state index contributed by atoms with van der Waals surface area (Å²) in [6.07, 6.45) is 2.49. The number of ether oxygens (including phenoxy) is 2. The third kappa shape index (κ3) is 9.49. The Morgan fingerprint density at radius 3 is 1.17 bits per heavy atom. The van der Waals surface area contributed by atoms with Crippen LogP contribution in [0.4, 0.5) is 0 Å². The molecule has 6 nitrogen and oxygen atoms in total. The van der Waals surface area contributed by atoms with Crippen molar-refractivity contribution in [3.63, 3.8) is 0 Å². The summed E-state index contributed by atoms with van der Waals surface area (Å²) < 4.78 is 11.1. The van der Waals surface area contributed by atoms with Gasteiger partial charge in [-0.2, -0.15) is 0 Å². The Morgan fingerprint density at radius 2 is 0.776 bits per heavy atom. The predicted octanol–water partition coefficient (Wildman–Crippen LogP) is 11.0. The summed E-state index contributed by atoms with van der Waals surface area (Å²) in [7, 11) is 0. The van der Waals surface area contributed by atoms with Gasteiger partial charge in [0.1, 0.15) is 12.9 Å². The summed E-state index contributed by atoms with van der Waals surface area (Å²) in [5.41, 5.74) is 4.82. The molecule has 58 heavy (non-hydrogen) atoms. The largest absolute Gasteiger partial charge is 0.461 e. The third-order valence-corrected chi connectivity index (χ3v) is 10.8. The van der Waals surface area contributed by atoms with Crippen LogP contribution in [-0.2, 0) is 45.2 Å². The molecule has 8 aromatic carbocycles. The monoisotopic (exact) mass is 762 g/mol. The molecule has 0 heterocycles. The molecule has 0 aliphatic heterocycles. The first-order valence-electron chi connectivity index (χ1n) is 19.9. The van der Waals surface area contributed by atoms with Crippen molar-refractivity contribution in [2.75, 3.05) is 19.7 Å². The zero-order chi connectivity index (χ0) is 39.5. The molecule has 0 aromatic heterocycles. The van der Waals surface area contributed by atoms with Gasteiger partial charge in [-0.3, -0.25) is 14.6 Å². The maximum atomic E-state index is 13.0. The second kappa shape index (κ2) is 18.6. The van der Waals surface area contributed by atoms with Gasteiger partial charge in [0.2, 0.25) is 0 Å². The fourth-order valence-electron chi connectivity index (χ4n) is 7.91. The Bertz CT molecular complexity index is 2540. The maximum absolute atomic E-state index is 13.0. The predicted molar refractivity (Wildman–Crippen MR) is 235 cm³/mol. The number of carbonyl (C=O) groups is 2. The van der Waals surface area contributed by atoms with E-state index in [1.165, 1.54) is 71.4 Å². The van der Waals surface area contributed by atoms with Crippen LogP contribution in [0.25, 0.3) is 43.1 Å². The van der Waals surface area contributed by atoms with Crippen LogP contribution in [0, 0.1) is 0 Å². The van der Waals surface area contributed by atoms with E-state index in [1.54, 1.807) is 0 Å². The minimum absolute atomic E-state index is 0.159. The first kappa shape index (κ1) is 38.3. The van der Waals surface area contributed by atoms with E-state index in [0.29, 0.717) is 39.3 Å². The molecule has 0 saturated heterocycles. The van der Waals surface area contributed by atoms with Gasteiger partial charge in [0.25, 0.3) is 0 Å². The topological polar surface area (TPSA) is 59.1 Å². The first-order valence-corrected chi connectivity index (χ1v) is 19.9. The lowest BCUT2D eigenvalue weighted by Gasteiger charge is -2.24. The van der Waals surface area contributed by atoms with Crippen molar-refractivity contribution in [3.8, 4) is 0 Å². The minimum Gasteiger partial charge on any atom is -0.461 e. The molecule has 0 radical (unpaired) electrons. The van der Waals surface area contributed by atoms with Crippen LogP contribution >= 0.6 is 0 Å². The number of hydrogen-bond donors (Lipinski definition) is 0. The van der Waals surface area contributed by atoms with Crippen LogP contribution in [-0.4, -0.2) is 41.4 Å². The van der Waals surface area contributed by atoms with E-state index in [0.717, 1.165) is 6.26 Å². The lowest BCUT2D eigenvalue weighted by atomic mass is 10.0. The molecule has 288 valence electrons. The van der Waals surface area contributed by atoms with Gasteiger partial charge in [-0.25, -0.2) is 4.79 Å². The van der Waals surface area contributed by atoms with E-state index in [4.69, 9.17) is 9.47 Å². The average molecular weight is 763 g/mol. The molecule has 0 atom stereocenters. The highest BCUT2D eigenvalue weighted by atomic mass is 16.5. The van der Waals surface area contributed by atoms with Crippen molar-refractivity contribution >= 4 is 55.0 Å². The van der Waals surface area contributed by atoms with Crippen molar-refractivity contribution < 1.29 is 19.1 Å². The molecule has 0 aliphatic carbocycles. The molecule has 6 heteroatoms. The van der Waals surface area contributed by atoms with Crippen molar-refractivity contribution in [2.24, 2.45) is 0 Å². The summed E-state index contributed by atoms with van der Waals surface area (Å²) in [6, 6.07) is 59.0. The molecule has 8 aromatic rings. The molecule has 0 amide bonds. The summed E-state index contributed by atoms with van der Waals surface area (Å²) >= 11 is 0. The van der Waals surface area contributed by atoms with Crippen LogP contribution in [0.2, 0.25) is 0 Å². The summed E-state index contributed by atoms with van der Waals surface area (Å²) in [4.78, 5) is 30.5. The Hall–Kier alpha value is -6.60. The second-order valence-corrected chi connectivity index (χ2v) is 14.7. The summed E-state index contributed by atoms with van der Waals surface area (Å²) in [6.45, 7) is 3.89. The standard InChI is InChI=1S/C52H46N2O4/c55-51(29-31-53(35-43-21-9-17-39-13-1-5-25-47(39)43)36-44-22-10-18-40-14-2-6-26-48(40)44)57-33-30-52(56)58-34-32-54(37-45-23-11-19-41-15-3-7-27-49(41)45)38-46-24-12-20-42-16-4-8-28-50(42)46/h1-28,30,33H,29,31-32,34-38H2/b33-30-. The number of nitrogens with zero attached hydrogens (tertiary/aromatic N) is 2. The number of fused-ring (bicyclic) bond motifs is 4. The highest BCUT2D eigenvalue weighted by Crippen LogP contribution is 2.26. The van der Waals surface area contributed by atoms with Crippen molar-refractivity contribution in [1.82, 2.24) is 9.80 Å². The van der Waals surface area contributed by atoms with Gasteiger partial charge < -0.3 is 9.47 Å². The molecule has 0 spiro atoms. The Labute approximate surface area is 339 Å². The molecular formula is C52H46N2O4. The van der Waals surface area contributed by atoms with E-state index in [9.17, 15) is 9.59 Å². The smallest absolute Gasteiger partial charge is 0.333 e. The summed E-state index contributed by atoms with van der Waals surface area (Å²) in [5.74, 6) is -0.974. The van der Waals surface area contributed by atoms with Crippen LogP contribution in [0.15, 0.2) is 182 Å². The van der Waals surface area contributed by atoms with Crippen molar-refractivity contribution in [2.45, 2.75) is 32.6 Å². The van der Waals surface area contributed by atoms with Crippen LogP contribution in [0.3, 0.4) is 0 Å². The first-order chi connectivity index (χ1) is 28.6. The fourth-order valence-corrected chi connectivity index (χ4v) is 7.91. The van der Waals surface area contributed by atoms with E-state index >= 15 is 0 Å². The molecule has 0 aliphatic rings. The van der Waals surface area contributed by atoms with Gasteiger partial charge in [0.15, 0.2) is 0 Å². The zero-order valence-corrected chi connectivity index (χ0v) is 32.5. The highest BCUT2D eigenvalue weighted by molar-refractivity contribution is 5.88. The van der Waals surface area contributed by atoms with Crippen molar-refractivity contribution in [3.05, 3.63) is 204 Å². The molecule has 8 rings (SSSR count). The number of rotatable bonds is 16. The summed E-state index contributed by atoms with van der Waals surface area (Å²) in [5, 5.41) is 9.56. The second-order valence-electron chi connectivity index (χ2n) is 14.7. The third-order valence-electron chi connectivity index (χ3n) is 10.8. The fraction of sp³-hybridized carbons (Fsp3) is 0.154. The van der Waals surface area contributed by atoms with Gasteiger partial charge in [-0.15, -0.1) is 0 Å². The normalized spacial score (nSPS) is 11.7. The number of esters is 2. The molecular weight excluding hydrogens is 717 g/mol. The zero-order valence-electron chi connectivity index (χ0n) is 32.5. The van der Waals surface area contributed by atoms with Crippen molar-refractivity contribution in [1.29, 1.82) is 0 Å². The maximum Gasteiger partial charge on any atom is 0.333 e. The SMILES string of the molecule is O=C(/C=C\OC(=O)CCN(Cc1cccc2ccccc12)Cc1cccc2ccccc12)OCCN(Cc1cccc2ccccc12)Cc1cccc2ccccc12. The van der Waals surface area contributed by atoms with Crippen LogP contribution in [0.1, 0.15) is 28.7 Å². The van der Waals surface area contributed by atoms with E-state index < -0.39 is 11.9 Å². The Morgan fingerprint density at radius 1 is 0.431 bits per heavy atom. The molecule has 0 saturated carbocycles. The van der Waals surface area contributed by atoms with Gasteiger partial charge in [0.05, 0.1) is 12.5 Å². The Kier molecular flexibility index (Phi) is 12.3. The highest BCUT2D eigenvalue weighted by Gasteiger charge is 2.15. The lowest BCUT2D eigenvalue weighted by Crippen LogP contribution is -2.28. The minimum atomic E-state index is -0.559. The number of hydrogen-bond acceptors (Lipinski definition) is 6. The molecule has 0 fully saturated rings. The van der Waals surface area contributed by atoms with Gasteiger partial charge in [-0.05, 0) is 65.3 Å². The van der Waals surface area contributed by atoms with Crippen LogP contribution < -0.4 is 0 Å². The van der Waals surface area contributed by atoms with Gasteiger partial charge in [-0.1, -0.05) is 170 Å². The molecule has 0 bridgehead atoms. The van der Waals surface area contributed by atoms with Crippen LogP contribution in [0.5, 0.6) is 0 Å². The number of benzene rings is 8. The van der Waals surface area contributed by atoms with E-state index in [-0.39, 0.29) is 13.0 Å².